The van der Waals surface area contributed by atoms with Gasteiger partial charge in [0, 0.05) is 17.8 Å². The second kappa shape index (κ2) is 8.81. The molecule has 1 aliphatic rings. The van der Waals surface area contributed by atoms with E-state index in [1.54, 1.807) is 11.3 Å². The normalized spacial score (nSPS) is 20.2. The zero-order valence-corrected chi connectivity index (χ0v) is 16.3. The van der Waals surface area contributed by atoms with Crippen LogP contribution in [0.4, 0.5) is 0 Å². The number of likely N-dealkylation sites (tertiary alicyclic amines) is 1. The molecule has 1 saturated heterocycles. The van der Waals surface area contributed by atoms with E-state index in [1.165, 1.54) is 4.88 Å². The number of carbonyl (C=O) groups excluding carboxylic acids is 1. The van der Waals surface area contributed by atoms with E-state index in [0.717, 1.165) is 25.9 Å². The molecule has 6 heteroatoms. The maximum absolute atomic E-state index is 12.6. The number of carboxylic acids is 1. The average molecular weight is 367 g/mol. The predicted octanol–water partition coefficient (Wildman–Crippen LogP) is 3.53. The lowest BCUT2D eigenvalue weighted by Gasteiger charge is -2.34. The molecule has 25 heavy (non-hydrogen) atoms. The third kappa shape index (κ3) is 6.44. The zero-order valence-electron chi connectivity index (χ0n) is 15.5. The third-order valence-electron chi connectivity index (χ3n) is 4.74. The molecule has 2 unspecified atom stereocenters. The van der Waals surface area contributed by atoms with Crippen LogP contribution in [-0.4, -0.2) is 41.5 Å². The van der Waals surface area contributed by atoms with E-state index in [1.807, 2.05) is 11.4 Å². The Hall–Kier alpha value is -1.40. The Morgan fingerprint density at radius 3 is 2.80 bits per heavy atom. The topological polar surface area (TPSA) is 69.6 Å². The second-order valence-corrected chi connectivity index (χ2v) is 9.04. The Bertz CT molecular complexity index is 566. The van der Waals surface area contributed by atoms with Crippen LogP contribution < -0.4 is 5.32 Å². The summed E-state index contributed by atoms with van der Waals surface area (Å²) < 4.78 is 0. The van der Waals surface area contributed by atoms with Crippen molar-refractivity contribution >= 4 is 23.2 Å². The molecule has 2 N–H and O–H groups in total. The Labute approximate surface area is 154 Å². The number of carboxylic acid groups (broad SMARTS) is 1. The van der Waals surface area contributed by atoms with Gasteiger partial charge in [0.25, 0.3) is 0 Å². The summed E-state index contributed by atoms with van der Waals surface area (Å²) in [6.07, 6.45) is 3.01. The minimum atomic E-state index is -0.737. The second-order valence-electron chi connectivity index (χ2n) is 8.06. The fourth-order valence-electron chi connectivity index (χ4n) is 3.44. The summed E-state index contributed by atoms with van der Waals surface area (Å²) in [4.78, 5) is 26.7. The van der Waals surface area contributed by atoms with E-state index in [-0.39, 0.29) is 23.8 Å². The van der Waals surface area contributed by atoms with E-state index in [9.17, 15) is 9.59 Å². The van der Waals surface area contributed by atoms with Crippen molar-refractivity contribution in [3.63, 3.8) is 0 Å². The van der Waals surface area contributed by atoms with Crippen molar-refractivity contribution in [1.29, 1.82) is 0 Å². The van der Waals surface area contributed by atoms with Gasteiger partial charge in [0.2, 0.25) is 5.91 Å². The lowest BCUT2D eigenvalue weighted by Crippen LogP contribution is -2.45. The Morgan fingerprint density at radius 2 is 2.20 bits per heavy atom. The monoisotopic (exact) mass is 366 g/mol. The van der Waals surface area contributed by atoms with Gasteiger partial charge in [0.05, 0.1) is 12.6 Å². The van der Waals surface area contributed by atoms with Gasteiger partial charge in [-0.2, -0.15) is 0 Å². The van der Waals surface area contributed by atoms with Crippen LogP contribution in [-0.2, 0) is 9.59 Å². The lowest BCUT2D eigenvalue weighted by molar-refractivity contribution is -0.137. The van der Waals surface area contributed by atoms with Crippen molar-refractivity contribution in [2.45, 2.75) is 52.5 Å². The molecule has 1 amide bonds. The minimum absolute atomic E-state index is 0.00704. The van der Waals surface area contributed by atoms with Gasteiger partial charge >= 0.3 is 5.97 Å². The molecule has 1 aromatic rings. The molecule has 0 aliphatic carbocycles. The number of nitrogens with one attached hydrogen (secondary N) is 1. The maximum atomic E-state index is 12.6. The number of hydrogen-bond donors (Lipinski definition) is 2. The summed E-state index contributed by atoms with van der Waals surface area (Å²) in [5.41, 5.74) is -0.0492. The molecule has 0 spiro atoms. The van der Waals surface area contributed by atoms with Crippen molar-refractivity contribution in [2.75, 3.05) is 19.6 Å². The van der Waals surface area contributed by atoms with Crippen molar-refractivity contribution in [1.82, 2.24) is 10.2 Å². The van der Waals surface area contributed by atoms with Crippen molar-refractivity contribution < 1.29 is 14.7 Å². The summed E-state index contributed by atoms with van der Waals surface area (Å²) >= 11 is 1.67. The average Bonchev–Trinajstić information content (AvgIpc) is 3.04. The SMILES string of the molecule is CC(C)(C)C(NC(=O)CN1CCCC(CCC(=O)O)C1)c1cccs1. The number of rotatable bonds is 7. The van der Waals surface area contributed by atoms with Crippen molar-refractivity contribution in [2.24, 2.45) is 11.3 Å². The molecule has 0 aromatic carbocycles. The fraction of sp³-hybridized carbons (Fsp3) is 0.684. The highest BCUT2D eigenvalue weighted by Gasteiger charge is 2.29. The van der Waals surface area contributed by atoms with E-state index >= 15 is 0 Å². The first-order valence-corrected chi connectivity index (χ1v) is 9.90. The fourth-order valence-corrected chi connectivity index (χ4v) is 4.46. The van der Waals surface area contributed by atoms with Gasteiger partial charge in [-0.1, -0.05) is 26.8 Å². The minimum Gasteiger partial charge on any atom is -0.481 e. The molecule has 2 heterocycles. The first-order valence-electron chi connectivity index (χ1n) is 9.02. The molecule has 2 rings (SSSR count). The molecular formula is C19H30N2O3S. The highest BCUT2D eigenvalue weighted by atomic mass is 32.1. The summed E-state index contributed by atoms with van der Waals surface area (Å²) in [5, 5.41) is 14.1. The molecule has 1 aliphatic heterocycles. The number of piperidine rings is 1. The standard InChI is InChI=1S/C19H30N2O3S/c1-19(2,3)18(15-7-5-11-25-15)20-16(22)13-21-10-4-6-14(12-21)8-9-17(23)24/h5,7,11,14,18H,4,6,8-10,12-13H2,1-3H3,(H,20,22)(H,23,24). The molecule has 1 fully saturated rings. The van der Waals surface area contributed by atoms with Crippen molar-refractivity contribution in [3.8, 4) is 0 Å². The molecular weight excluding hydrogens is 336 g/mol. The van der Waals surface area contributed by atoms with E-state index < -0.39 is 5.97 Å². The Balaban J connectivity index is 1.88. The highest BCUT2D eigenvalue weighted by molar-refractivity contribution is 7.10. The molecule has 0 saturated carbocycles. The summed E-state index contributed by atoms with van der Waals surface area (Å²) in [6, 6.07) is 4.10. The van der Waals surface area contributed by atoms with Gasteiger partial charge in [0.15, 0.2) is 0 Å². The largest absolute Gasteiger partial charge is 0.481 e. The number of thiophene rings is 1. The number of amides is 1. The van der Waals surface area contributed by atoms with E-state index in [4.69, 9.17) is 5.11 Å². The summed E-state index contributed by atoms with van der Waals surface area (Å²) in [7, 11) is 0. The van der Waals surface area contributed by atoms with Gasteiger partial charge in [-0.3, -0.25) is 14.5 Å². The smallest absolute Gasteiger partial charge is 0.303 e. The highest BCUT2D eigenvalue weighted by Crippen LogP contribution is 2.35. The quantitative estimate of drug-likeness (QED) is 0.774. The third-order valence-corrected chi connectivity index (χ3v) is 5.67. The van der Waals surface area contributed by atoms with Crippen LogP contribution in [0, 0.1) is 11.3 Å². The van der Waals surface area contributed by atoms with E-state index in [2.05, 4.69) is 37.1 Å². The molecule has 140 valence electrons. The maximum Gasteiger partial charge on any atom is 0.303 e. The van der Waals surface area contributed by atoms with Gasteiger partial charge in [-0.05, 0) is 48.6 Å². The predicted molar refractivity (Wildman–Crippen MR) is 101 cm³/mol. The Morgan fingerprint density at radius 1 is 1.44 bits per heavy atom. The van der Waals surface area contributed by atoms with Gasteiger partial charge in [-0.25, -0.2) is 0 Å². The van der Waals surface area contributed by atoms with Gasteiger partial charge < -0.3 is 10.4 Å². The Kier molecular flexibility index (Phi) is 7.02. The molecule has 1 aromatic heterocycles. The van der Waals surface area contributed by atoms with Crippen LogP contribution in [0.15, 0.2) is 17.5 Å². The number of aliphatic carboxylic acids is 1. The van der Waals surface area contributed by atoms with E-state index in [0.29, 0.717) is 18.9 Å². The molecule has 0 bridgehead atoms. The molecule has 0 radical (unpaired) electrons. The van der Waals surface area contributed by atoms with Crippen LogP contribution >= 0.6 is 11.3 Å². The van der Waals surface area contributed by atoms with Crippen LogP contribution in [0.2, 0.25) is 0 Å². The lowest BCUT2D eigenvalue weighted by atomic mass is 9.85. The van der Waals surface area contributed by atoms with Crippen LogP contribution in [0.25, 0.3) is 0 Å². The van der Waals surface area contributed by atoms with Crippen LogP contribution in [0.1, 0.15) is 57.4 Å². The van der Waals surface area contributed by atoms with Crippen LogP contribution in [0.3, 0.4) is 0 Å². The van der Waals surface area contributed by atoms with Gasteiger partial charge in [0.1, 0.15) is 0 Å². The number of nitrogens with zero attached hydrogens (tertiary/aromatic N) is 1. The first kappa shape index (κ1) is 19.9. The first-order chi connectivity index (χ1) is 11.8. The summed E-state index contributed by atoms with van der Waals surface area (Å²) in [5.74, 6) is -0.306. The van der Waals surface area contributed by atoms with Crippen molar-refractivity contribution in [3.05, 3.63) is 22.4 Å². The number of carbonyl (C=O) groups is 2. The number of hydrogen-bond acceptors (Lipinski definition) is 4. The van der Waals surface area contributed by atoms with Gasteiger partial charge in [-0.15, -0.1) is 11.3 Å². The molecule has 5 nitrogen and oxygen atoms in total. The van der Waals surface area contributed by atoms with Crippen LogP contribution in [0.5, 0.6) is 0 Å². The molecule has 2 atom stereocenters. The summed E-state index contributed by atoms with van der Waals surface area (Å²) in [6.45, 7) is 8.54. The zero-order chi connectivity index (χ0) is 18.4.